The first-order valence-corrected chi connectivity index (χ1v) is 5.54. The van der Waals surface area contributed by atoms with Crippen LogP contribution in [0, 0.1) is 16.7 Å². The van der Waals surface area contributed by atoms with E-state index in [1.807, 2.05) is 0 Å². The van der Waals surface area contributed by atoms with Gasteiger partial charge in [-0.2, -0.15) is 0 Å². The van der Waals surface area contributed by atoms with Crippen LogP contribution >= 0.6 is 15.9 Å². The lowest BCUT2D eigenvalue weighted by atomic mass is 9.71. The van der Waals surface area contributed by atoms with Gasteiger partial charge >= 0.3 is 0 Å². The van der Waals surface area contributed by atoms with Gasteiger partial charge in [0.1, 0.15) is 0 Å². The largest absolute Gasteiger partial charge is 0.0884 e. The van der Waals surface area contributed by atoms with Crippen molar-refractivity contribution in [2.75, 3.05) is 0 Å². The van der Waals surface area contributed by atoms with Crippen molar-refractivity contribution in [3.8, 4) is 0 Å². The first-order chi connectivity index (χ1) is 4.98. The summed E-state index contributed by atoms with van der Waals surface area (Å²) in [6, 6.07) is 0. The van der Waals surface area contributed by atoms with Gasteiger partial charge in [-0.05, 0) is 36.0 Å². The third-order valence-electron chi connectivity index (χ3n) is 4.69. The van der Waals surface area contributed by atoms with Gasteiger partial charge in [0, 0.05) is 4.83 Å². The van der Waals surface area contributed by atoms with Crippen molar-refractivity contribution in [2.45, 2.75) is 44.9 Å². The maximum Gasteiger partial charge on any atom is 0.0207 e. The number of hydrogen-bond donors (Lipinski definition) is 0. The fourth-order valence-electron chi connectivity index (χ4n) is 3.11. The summed E-state index contributed by atoms with van der Waals surface area (Å²) in [5.74, 6) is 0.983. The lowest BCUT2D eigenvalue weighted by Gasteiger charge is -2.36. The van der Waals surface area contributed by atoms with Crippen LogP contribution in [0.2, 0.25) is 0 Å². The highest BCUT2D eigenvalue weighted by Gasteiger charge is 2.60. The van der Waals surface area contributed by atoms with E-state index in [1.165, 1.54) is 19.3 Å². The summed E-state index contributed by atoms with van der Waals surface area (Å²) in [7, 11) is 0. The van der Waals surface area contributed by atoms with Gasteiger partial charge in [0.2, 0.25) is 0 Å². The van der Waals surface area contributed by atoms with Crippen molar-refractivity contribution in [3.05, 3.63) is 0 Å². The predicted octanol–water partition coefficient (Wildman–Crippen LogP) is 3.60. The summed E-state index contributed by atoms with van der Waals surface area (Å²) >= 11 is 3.83. The molecule has 0 N–H and O–H groups in total. The number of rotatable bonds is 0. The average molecular weight is 217 g/mol. The van der Waals surface area contributed by atoms with E-state index in [1.54, 1.807) is 0 Å². The molecule has 11 heavy (non-hydrogen) atoms. The third-order valence-corrected chi connectivity index (χ3v) is 6.07. The molecule has 2 fully saturated rings. The Morgan fingerprint density at radius 1 is 1.27 bits per heavy atom. The summed E-state index contributed by atoms with van der Waals surface area (Å²) in [6.07, 6.45) is 4.30. The van der Waals surface area contributed by atoms with Crippen molar-refractivity contribution >= 4 is 15.9 Å². The van der Waals surface area contributed by atoms with Gasteiger partial charge < -0.3 is 0 Å². The Morgan fingerprint density at radius 2 is 1.91 bits per heavy atom. The molecule has 0 unspecified atom stereocenters. The molecule has 3 atom stereocenters. The molecule has 0 amide bonds. The maximum absolute atomic E-state index is 3.83. The van der Waals surface area contributed by atoms with Gasteiger partial charge in [0.25, 0.3) is 0 Å². The molecule has 2 saturated carbocycles. The van der Waals surface area contributed by atoms with E-state index in [-0.39, 0.29) is 0 Å². The van der Waals surface area contributed by atoms with E-state index < -0.39 is 0 Å². The van der Waals surface area contributed by atoms with Crippen LogP contribution < -0.4 is 0 Å². The summed E-state index contributed by atoms with van der Waals surface area (Å²) in [6.45, 7) is 7.36. The topological polar surface area (TPSA) is 0 Å². The van der Waals surface area contributed by atoms with Crippen molar-refractivity contribution in [3.63, 3.8) is 0 Å². The van der Waals surface area contributed by atoms with Crippen molar-refractivity contribution in [1.82, 2.24) is 0 Å². The molecule has 0 radical (unpaired) electrons. The molecule has 2 aliphatic rings. The fourth-order valence-corrected chi connectivity index (χ4v) is 4.38. The molecular formula is C10H17Br. The second-order valence-electron chi connectivity index (χ2n) is 5.08. The summed E-state index contributed by atoms with van der Waals surface area (Å²) < 4.78 is 0. The lowest BCUT2D eigenvalue weighted by Crippen LogP contribution is -2.32. The van der Waals surface area contributed by atoms with Gasteiger partial charge in [0.05, 0.1) is 0 Å². The molecule has 0 nitrogen and oxygen atoms in total. The first-order valence-electron chi connectivity index (χ1n) is 4.62. The van der Waals surface area contributed by atoms with Crippen molar-refractivity contribution < 1.29 is 0 Å². The molecule has 0 spiro atoms. The molecular weight excluding hydrogens is 200 g/mol. The molecule has 0 aromatic carbocycles. The van der Waals surface area contributed by atoms with E-state index in [0.717, 1.165) is 10.7 Å². The number of hydrogen-bond acceptors (Lipinski definition) is 0. The van der Waals surface area contributed by atoms with Crippen LogP contribution in [0.3, 0.4) is 0 Å². The molecule has 0 saturated heterocycles. The zero-order chi connectivity index (χ0) is 8.28. The minimum Gasteiger partial charge on any atom is -0.0884 e. The van der Waals surface area contributed by atoms with Gasteiger partial charge in [-0.15, -0.1) is 0 Å². The second-order valence-corrected chi connectivity index (χ2v) is 6.18. The highest BCUT2D eigenvalue weighted by molar-refractivity contribution is 9.09. The minimum absolute atomic E-state index is 0.581. The predicted molar refractivity (Wildman–Crippen MR) is 51.9 cm³/mol. The number of fused-ring (bicyclic) bond motifs is 2. The standard InChI is InChI=1S/C10H17Br/c1-9(2)7-4-5-10(9,3)8(11)6-7/h7-8H,4-6H2,1-3H3/t7-,8-,10-/m0/s1. The molecule has 0 aromatic rings. The molecule has 2 bridgehead atoms. The molecule has 0 aliphatic heterocycles. The van der Waals surface area contributed by atoms with Crippen LogP contribution in [-0.4, -0.2) is 4.83 Å². The normalized spacial score (nSPS) is 53.5. The van der Waals surface area contributed by atoms with E-state index in [2.05, 4.69) is 36.7 Å². The Bertz CT molecular complexity index is 185. The SMILES string of the molecule is CC1(C)[C@H]2CC[C@@]1(C)[C@@H](Br)C2. The van der Waals surface area contributed by atoms with Crippen molar-refractivity contribution in [2.24, 2.45) is 16.7 Å². The van der Waals surface area contributed by atoms with Gasteiger partial charge in [-0.3, -0.25) is 0 Å². The van der Waals surface area contributed by atoms with Gasteiger partial charge in [-0.1, -0.05) is 36.7 Å². The van der Waals surface area contributed by atoms with E-state index >= 15 is 0 Å². The minimum atomic E-state index is 0.581. The quantitative estimate of drug-likeness (QED) is 0.544. The Hall–Kier alpha value is 0.480. The fraction of sp³-hybridized carbons (Fsp3) is 1.00. The first kappa shape index (κ1) is 8.10. The average Bonchev–Trinajstić information content (AvgIpc) is 2.20. The van der Waals surface area contributed by atoms with Crippen LogP contribution in [-0.2, 0) is 0 Å². The Kier molecular flexibility index (Phi) is 1.50. The van der Waals surface area contributed by atoms with Gasteiger partial charge in [0.15, 0.2) is 0 Å². The smallest absolute Gasteiger partial charge is 0.0207 e. The van der Waals surface area contributed by atoms with Crippen molar-refractivity contribution in [1.29, 1.82) is 0 Å². The molecule has 1 heteroatoms. The van der Waals surface area contributed by atoms with Crippen LogP contribution in [0.1, 0.15) is 40.0 Å². The van der Waals surface area contributed by atoms with Crippen LogP contribution in [0.5, 0.6) is 0 Å². The zero-order valence-electron chi connectivity index (χ0n) is 7.65. The molecule has 2 rings (SSSR count). The molecule has 0 aromatic heterocycles. The highest BCUT2D eigenvalue weighted by Crippen LogP contribution is 2.67. The Balaban J connectivity index is 2.40. The summed E-state index contributed by atoms with van der Waals surface area (Å²) in [5.41, 5.74) is 1.17. The van der Waals surface area contributed by atoms with Gasteiger partial charge in [-0.25, -0.2) is 0 Å². The highest BCUT2D eigenvalue weighted by atomic mass is 79.9. The second kappa shape index (κ2) is 2.04. The number of alkyl halides is 1. The summed E-state index contributed by atoms with van der Waals surface area (Å²) in [4.78, 5) is 0.781. The summed E-state index contributed by atoms with van der Waals surface area (Å²) in [5, 5.41) is 0. The van der Waals surface area contributed by atoms with E-state index in [9.17, 15) is 0 Å². The van der Waals surface area contributed by atoms with E-state index in [4.69, 9.17) is 0 Å². The maximum atomic E-state index is 3.83. The Labute approximate surface area is 77.9 Å². The lowest BCUT2D eigenvalue weighted by molar-refractivity contribution is 0.158. The number of halogens is 1. The van der Waals surface area contributed by atoms with E-state index in [0.29, 0.717) is 10.8 Å². The van der Waals surface area contributed by atoms with Crippen LogP contribution in [0.25, 0.3) is 0 Å². The monoisotopic (exact) mass is 216 g/mol. The van der Waals surface area contributed by atoms with Crippen LogP contribution in [0.4, 0.5) is 0 Å². The molecule has 0 heterocycles. The molecule has 2 aliphatic carbocycles. The third kappa shape index (κ3) is 0.760. The Morgan fingerprint density at radius 3 is 2.09 bits per heavy atom. The molecule has 64 valence electrons. The van der Waals surface area contributed by atoms with Crippen LogP contribution in [0.15, 0.2) is 0 Å². The zero-order valence-corrected chi connectivity index (χ0v) is 9.24.